The predicted octanol–water partition coefficient (Wildman–Crippen LogP) is 4.72. The molecule has 7 nitrogen and oxygen atoms in total. The summed E-state index contributed by atoms with van der Waals surface area (Å²) in [6.07, 6.45) is 3.10. The van der Waals surface area contributed by atoms with Crippen LogP contribution in [-0.4, -0.2) is 60.1 Å². The van der Waals surface area contributed by atoms with Crippen LogP contribution in [0.1, 0.15) is 49.4 Å². The Morgan fingerprint density at radius 3 is 2.53 bits per heavy atom. The Morgan fingerprint density at radius 1 is 1.08 bits per heavy atom. The fourth-order valence-electron chi connectivity index (χ4n) is 5.73. The summed E-state index contributed by atoms with van der Waals surface area (Å²) >= 11 is 0. The lowest BCUT2D eigenvalue weighted by Gasteiger charge is -2.28. The maximum Gasteiger partial charge on any atom is 0.320 e. The zero-order chi connectivity index (χ0) is 25.1. The van der Waals surface area contributed by atoms with Crippen molar-refractivity contribution in [2.24, 2.45) is 0 Å². The number of fused-ring (bicyclic) bond motifs is 1. The second-order valence-corrected chi connectivity index (χ2v) is 10.6. The number of hydrogen-bond donors (Lipinski definition) is 2. The smallest absolute Gasteiger partial charge is 0.320 e. The molecule has 2 amide bonds. The first-order chi connectivity index (χ1) is 17.5. The number of nitrogens with one attached hydrogen (secondary N) is 2. The number of para-hydroxylation sites is 1. The lowest BCUT2D eigenvalue weighted by atomic mass is 9.76. The van der Waals surface area contributed by atoms with Gasteiger partial charge in [0.1, 0.15) is 5.82 Å². The zero-order valence-electron chi connectivity index (χ0n) is 21.5. The third-order valence-electron chi connectivity index (χ3n) is 7.64. The van der Waals surface area contributed by atoms with Gasteiger partial charge in [0.15, 0.2) is 0 Å². The molecule has 7 heteroatoms. The molecule has 2 aliphatic rings. The van der Waals surface area contributed by atoms with Gasteiger partial charge < -0.3 is 10.1 Å². The van der Waals surface area contributed by atoms with E-state index in [1.165, 1.54) is 5.56 Å². The molecule has 2 N–H and O–H groups in total. The Morgan fingerprint density at radius 2 is 1.81 bits per heavy atom. The summed E-state index contributed by atoms with van der Waals surface area (Å²) in [5.41, 5.74) is 4.41. The summed E-state index contributed by atoms with van der Waals surface area (Å²) < 4.78 is 7.21. The molecule has 0 spiro atoms. The standard InChI is InChI=1S/C29H37N5O2/c1-29(2)16-10-15-23-26(29)32-34(22-13-8-5-9-14-22)27(23)31-28(35)30-25-20-33(17-18-36-3)19-24(25)21-11-6-4-7-12-21/h4-9,11-14,24-25H,10,15-20H2,1-3H3,(H2,30,31,35)/t24?,25-/m1/s1. The molecule has 190 valence electrons. The van der Waals surface area contributed by atoms with Crippen LogP contribution in [0.2, 0.25) is 0 Å². The van der Waals surface area contributed by atoms with Crippen LogP contribution in [0, 0.1) is 0 Å². The summed E-state index contributed by atoms with van der Waals surface area (Å²) in [4.78, 5) is 15.9. The van der Waals surface area contributed by atoms with E-state index in [0.717, 1.165) is 61.7 Å². The Balaban J connectivity index is 1.40. The van der Waals surface area contributed by atoms with Gasteiger partial charge in [0, 0.05) is 43.6 Å². The average molecular weight is 488 g/mol. The average Bonchev–Trinajstić information content (AvgIpc) is 3.46. The summed E-state index contributed by atoms with van der Waals surface area (Å²) in [6, 6.07) is 20.4. The van der Waals surface area contributed by atoms with Gasteiger partial charge in [-0.05, 0) is 37.0 Å². The van der Waals surface area contributed by atoms with E-state index in [4.69, 9.17) is 9.84 Å². The van der Waals surface area contributed by atoms with Gasteiger partial charge in [-0.1, -0.05) is 62.4 Å². The van der Waals surface area contributed by atoms with Gasteiger partial charge in [0.25, 0.3) is 0 Å². The Hall–Kier alpha value is -3.16. The van der Waals surface area contributed by atoms with Crippen LogP contribution in [0.5, 0.6) is 0 Å². The molecule has 5 rings (SSSR count). The first-order valence-corrected chi connectivity index (χ1v) is 13.0. The van der Waals surface area contributed by atoms with Crippen molar-refractivity contribution >= 4 is 11.8 Å². The van der Waals surface area contributed by atoms with Crippen molar-refractivity contribution in [1.82, 2.24) is 20.0 Å². The third kappa shape index (κ3) is 5.04. The van der Waals surface area contributed by atoms with Crippen molar-refractivity contribution in [2.45, 2.75) is 50.5 Å². The number of carbonyl (C=O) groups excluding carboxylic acids is 1. The van der Waals surface area contributed by atoms with Crippen molar-refractivity contribution < 1.29 is 9.53 Å². The van der Waals surface area contributed by atoms with Gasteiger partial charge in [-0.15, -0.1) is 0 Å². The number of aromatic nitrogens is 2. The molecule has 0 saturated carbocycles. The molecular formula is C29H37N5O2. The number of carbonyl (C=O) groups is 1. The number of benzene rings is 2. The molecule has 0 bridgehead atoms. The normalized spacial score (nSPS) is 21.2. The molecule has 1 unspecified atom stereocenters. The number of ether oxygens (including phenoxy) is 1. The maximum atomic E-state index is 13.5. The molecule has 1 aromatic heterocycles. The van der Waals surface area contributed by atoms with E-state index in [-0.39, 0.29) is 23.4 Å². The minimum Gasteiger partial charge on any atom is -0.383 e. The summed E-state index contributed by atoms with van der Waals surface area (Å²) in [7, 11) is 1.73. The highest BCUT2D eigenvalue weighted by molar-refractivity contribution is 5.90. The van der Waals surface area contributed by atoms with E-state index in [2.05, 4.69) is 53.6 Å². The van der Waals surface area contributed by atoms with Crippen LogP contribution >= 0.6 is 0 Å². The molecule has 0 radical (unpaired) electrons. The fourth-order valence-corrected chi connectivity index (χ4v) is 5.73. The minimum atomic E-state index is -0.183. The highest BCUT2D eigenvalue weighted by atomic mass is 16.5. The quantitative estimate of drug-likeness (QED) is 0.506. The summed E-state index contributed by atoms with van der Waals surface area (Å²) in [6.45, 7) is 7.70. The first-order valence-electron chi connectivity index (χ1n) is 13.0. The number of amides is 2. The minimum absolute atomic E-state index is 0.00428. The molecular weight excluding hydrogens is 450 g/mol. The van der Waals surface area contributed by atoms with Gasteiger partial charge in [-0.2, -0.15) is 5.10 Å². The SMILES string of the molecule is COCCN1CC(c2ccccc2)[C@H](NC(=O)Nc2c3c(nn2-c2ccccc2)C(C)(C)CCC3)C1. The van der Waals surface area contributed by atoms with Crippen LogP contribution in [0.15, 0.2) is 60.7 Å². The second-order valence-electron chi connectivity index (χ2n) is 10.6. The third-order valence-corrected chi connectivity index (χ3v) is 7.64. The Labute approximate surface area is 213 Å². The first kappa shape index (κ1) is 24.5. The van der Waals surface area contributed by atoms with Crippen molar-refractivity contribution in [2.75, 3.05) is 38.7 Å². The number of likely N-dealkylation sites (tertiary alicyclic amines) is 1. The van der Waals surface area contributed by atoms with Crippen molar-refractivity contribution in [3.8, 4) is 5.69 Å². The highest BCUT2D eigenvalue weighted by Crippen LogP contribution is 2.40. The molecule has 1 aliphatic carbocycles. The number of methoxy groups -OCH3 is 1. The molecule has 2 atom stereocenters. The van der Waals surface area contributed by atoms with Gasteiger partial charge in [-0.25, -0.2) is 9.48 Å². The van der Waals surface area contributed by atoms with Gasteiger partial charge in [0.05, 0.1) is 24.0 Å². The zero-order valence-corrected chi connectivity index (χ0v) is 21.5. The summed E-state index contributed by atoms with van der Waals surface area (Å²) in [5.74, 6) is 1.01. The maximum absolute atomic E-state index is 13.5. The topological polar surface area (TPSA) is 71.4 Å². The molecule has 3 aromatic rings. The van der Waals surface area contributed by atoms with Crippen molar-refractivity contribution in [3.05, 3.63) is 77.5 Å². The van der Waals surface area contributed by atoms with E-state index in [0.29, 0.717) is 6.61 Å². The molecule has 2 aromatic carbocycles. The largest absolute Gasteiger partial charge is 0.383 e. The van der Waals surface area contributed by atoms with Gasteiger partial charge in [-0.3, -0.25) is 10.2 Å². The number of nitrogens with zero attached hydrogens (tertiary/aromatic N) is 3. The van der Waals surface area contributed by atoms with Crippen LogP contribution in [-0.2, 0) is 16.6 Å². The lowest BCUT2D eigenvalue weighted by molar-refractivity contribution is 0.159. The number of rotatable bonds is 7. The molecule has 2 heterocycles. The predicted molar refractivity (Wildman–Crippen MR) is 143 cm³/mol. The number of hydrogen-bond acceptors (Lipinski definition) is 4. The van der Waals surface area contributed by atoms with Crippen molar-refractivity contribution in [1.29, 1.82) is 0 Å². The Bertz CT molecular complexity index is 1180. The molecule has 1 aliphatic heterocycles. The van der Waals surface area contributed by atoms with E-state index in [1.807, 2.05) is 41.1 Å². The van der Waals surface area contributed by atoms with Crippen LogP contribution < -0.4 is 10.6 Å². The van der Waals surface area contributed by atoms with Crippen molar-refractivity contribution in [3.63, 3.8) is 0 Å². The fraction of sp³-hybridized carbons (Fsp3) is 0.448. The van der Waals surface area contributed by atoms with Crippen LogP contribution in [0.25, 0.3) is 5.69 Å². The monoisotopic (exact) mass is 487 g/mol. The van der Waals surface area contributed by atoms with Crippen LogP contribution in [0.3, 0.4) is 0 Å². The Kier molecular flexibility index (Phi) is 7.12. The number of urea groups is 1. The number of anilines is 1. The summed E-state index contributed by atoms with van der Waals surface area (Å²) in [5, 5.41) is 11.5. The molecule has 1 fully saturated rings. The van der Waals surface area contributed by atoms with Crippen LogP contribution in [0.4, 0.5) is 10.6 Å². The van der Waals surface area contributed by atoms with Gasteiger partial charge in [0.2, 0.25) is 0 Å². The van der Waals surface area contributed by atoms with E-state index in [1.54, 1.807) is 7.11 Å². The highest BCUT2D eigenvalue weighted by Gasteiger charge is 2.37. The lowest BCUT2D eigenvalue weighted by Crippen LogP contribution is -2.42. The van der Waals surface area contributed by atoms with E-state index < -0.39 is 0 Å². The van der Waals surface area contributed by atoms with Gasteiger partial charge >= 0.3 is 6.03 Å². The van der Waals surface area contributed by atoms with E-state index >= 15 is 0 Å². The second kappa shape index (κ2) is 10.4. The van der Waals surface area contributed by atoms with E-state index in [9.17, 15) is 4.79 Å². The molecule has 36 heavy (non-hydrogen) atoms. The molecule has 1 saturated heterocycles.